The van der Waals surface area contributed by atoms with Crippen LogP contribution in [0.4, 0.5) is 0 Å². The minimum absolute atomic E-state index is 0.234. The largest absolute Gasteiger partial charge is 0.496 e. The van der Waals surface area contributed by atoms with Crippen LogP contribution in [0.5, 0.6) is 5.75 Å². The van der Waals surface area contributed by atoms with Gasteiger partial charge in [-0.1, -0.05) is 54.0 Å². The third-order valence-electron chi connectivity index (χ3n) is 3.84. The van der Waals surface area contributed by atoms with E-state index in [0.717, 1.165) is 15.6 Å². The van der Waals surface area contributed by atoms with Gasteiger partial charge in [-0.3, -0.25) is 4.79 Å². The van der Waals surface area contributed by atoms with Gasteiger partial charge >= 0.3 is 5.97 Å². The number of carbonyl (C=O) groups is 2. The van der Waals surface area contributed by atoms with Crippen molar-refractivity contribution in [2.45, 2.75) is 19.8 Å². The molecular weight excluding hydrogens is 396 g/mol. The molecule has 136 valence electrons. The first-order chi connectivity index (χ1) is 12.4. The molecule has 2 aromatic carbocycles. The average Bonchev–Trinajstić information content (AvgIpc) is 2.64. The van der Waals surface area contributed by atoms with Crippen LogP contribution < -0.4 is 4.74 Å². The number of methoxy groups -OCH3 is 1. The third kappa shape index (κ3) is 5.56. The molecule has 0 saturated heterocycles. The molecule has 0 spiro atoms. The van der Waals surface area contributed by atoms with Crippen molar-refractivity contribution in [3.05, 3.63) is 69.7 Å². The van der Waals surface area contributed by atoms with Crippen molar-refractivity contribution < 1.29 is 19.1 Å². The number of hydrogen-bond donors (Lipinski definition) is 0. The van der Waals surface area contributed by atoms with Gasteiger partial charge in [-0.15, -0.1) is 0 Å². The number of ketones is 1. The molecule has 0 bridgehead atoms. The van der Waals surface area contributed by atoms with Gasteiger partial charge in [0.25, 0.3) is 0 Å². The van der Waals surface area contributed by atoms with E-state index in [9.17, 15) is 9.59 Å². The van der Waals surface area contributed by atoms with Crippen molar-refractivity contribution in [1.29, 1.82) is 0 Å². The molecule has 0 aliphatic carbocycles. The zero-order chi connectivity index (χ0) is 19.1. The fourth-order valence-electron chi connectivity index (χ4n) is 2.32. The highest BCUT2D eigenvalue weighted by atomic mass is 79.9. The second kappa shape index (κ2) is 9.34. The molecular formula is C21H21BrO4. The van der Waals surface area contributed by atoms with Crippen molar-refractivity contribution in [1.82, 2.24) is 0 Å². The normalized spacial score (nSPS) is 11.0. The van der Waals surface area contributed by atoms with E-state index in [-0.39, 0.29) is 12.4 Å². The molecule has 0 aliphatic rings. The fraction of sp³-hybridized carbons (Fsp3) is 0.238. The molecule has 5 heteroatoms. The van der Waals surface area contributed by atoms with Crippen molar-refractivity contribution >= 4 is 33.8 Å². The molecule has 2 rings (SSSR count). The van der Waals surface area contributed by atoms with Crippen molar-refractivity contribution in [3.8, 4) is 5.75 Å². The summed E-state index contributed by atoms with van der Waals surface area (Å²) in [6.07, 6.45) is 2.87. The number of esters is 1. The number of halogens is 1. The number of ether oxygens (including phenoxy) is 2. The second-order valence-corrected chi connectivity index (χ2v) is 6.94. The van der Waals surface area contributed by atoms with Gasteiger partial charge in [0.1, 0.15) is 5.75 Å². The first-order valence-corrected chi connectivity index (χ1v) is 9.01. The van der Waals surface area contributed by atoms with Gasteiger partial charge in [-0.05, 0) is 35.8 Å². The Morgan fingerprint density at radius 1 is 1.12 bits per heavy atom. The summed E-state index contributed by atoms with van der Waals surface area (Å²) in [5, 5.41) is 0. The molecule has 0 unspecified atom stereocenters. The predicted octanol–water partition coefficient (Wildman–Crippen LogP) is 5.02. The maximum absolute atomic E-state index is 12.1. The Morgan fingerprint density at radius 3 is 2.42 bits per heavy atom. The van der Waals surface area contributed by atoms with E-state index in [1.165, 1.54) is 6.08 Å². The third-order valence-corrected chi connectivity index (χ3v) is 4.33. The molecule has 0 fully saturated rings. The second-order valence-electron chi connectivity index (χ2n) is 6.03. The molecule has 0 atom stereocenters. The highest BCUT2D eigenvalue weighted by Crippen LogP contribution is 2.24. The lowest BCUT2D eigenvalue weighted by Gasteiger charge is -2.07. The summed E-state index contributed by atoms with van der Waals surface area (Å²) in [6.45, 7) is 3.89. The minimum atomic E-state index is -0.584. The Labute approximate surface area is 162 Å². The lowest BCUT2D eigenvalue weighted by Crippen LogP contribution is -2.12. The number of carbonyl (C=O) groups excluding carboxylic acids is 2. The lowest BCUT2D eigenvalue weighted by atomic mass is 10.0. The van der Waals surface area contributed by atoms with Gasteiger partial charge in [-0.25, -0.2) is 4.79 Å². The van der Waals surface area contributed by atoms with Crippen LogP contribution >= 0.6 is 15.9 Å². The van der Waals surface area contributed by atoms with Crippen LogP contribution in [0, 0.1) is 0 Å². The van der Waals surface area contributed by atoms with Gasteiger partial charge in [0.05, 0.1) is 7.11 Å². The molecule has 4 nitrogen and oxygen atoms in total. The molecule has 0 N–H and O–H groups in total. The summed E-state index contributed by atoms with van der Waals surface area (Å²) >= 11 is 3.37. The van der Waals surface area contributed by atoms with Crippen LogP contribution in [0.25, 0.3) is 6.08 Å². The van der Waals surface area contributed by atoms with E-state index < -0.39 is 5.97 Å². The zero-order valence-electron chi connectivity index (χ0n) is 15.0. The van der Waals surface area contributed by atoms with Crippen LogP contribution in [0.15, 0.2) is 53.0 Å². The Balaban J connectivity index is 1.94. The first kappa shape index (κ1) is 19.9. The summed E-state index contributed by atoms with van der Waals surface area (Å²) in [4.78, 5) is 24.0. The van der Waals surface area contributed by atoms with Gasteiger partial charge < -0.3 is 9.47 Å². The summed E-state index contributed by atoms with van der Waals surface area (Å²) in [6, 6.07) is 12.8. The quantitative estimate of drug-likeness (QED) is 0.361. The smallest absolute Gasteiger partial charge is 0.331 e. The Hall–Kier alpha value is -2.40. The molecule has 0 saturated carbocycles. The molecule has 0 radical (unpaired) electrons. The van der Waals surface area contributed by atoms with Crippen molar-refractivity contribution in [3.63, 3.8) is 0 Å². The highest BCUT2D eigenvalue weighted by Gasteiger charge is 2.09. The molecule has 0 aromatic heterocycles. The molecule has 0 amide bonds. The summed E-state index contributed by atoms with van der Waals surface area (Å²) in [5.74, 6) is 0.219. The van der Waals surface area contributed by atoms with Crippen LogP contribution in [0.3, 0.4) is 0 Å². The monoisotopic (exact) mass is 416 g/mol. The van der Waals surface area contributed by atoms with Crippen LogP contribution in [-0.2, 0) is 9.53 Å². The summed E-state index contributed by atoms with van der Waals surface area (Å²) < 4.78 is 11.1. The van der Waals surface area contributed by atoms with Crippen LogP contribution in [0.2, 0.25) is 0 Å². The standard InChI is InChI=1S/C21H21BrO4/c1-14(2)15-4-6-16(7-5-15)19(23)13-26-21(24)11-8-17-12-18(22)9-10-20(17)25-3/h4-12,14H,13H2,1-3H3/b11-8+. The van der Waals surface area contributed by atoms with Gasteiger partial charge in [0.15, 0.2) is 12.4 Å². The van der Waals surface area contributed by atoms with Gasteiger partial charge in [0, 0.05) is 21.7 Å². The van der Waals surface area contributed by atoms with E-state index in [4.69, 9.17) is 9.47 Å². The summed E-state index contributed by atoms with van der Waals surface area (Å²) in [5.41, 5.74) is 2.42. The first-order valence-electron chi connectivity index (χ1n) is 8.22. The van der Waals surface area contributed by atoms with Crippen LogP contribution in [0.1, 0.15) is 41.3 Å². The lowest BCUT2D eigenvalue weighted by molar-refractivity contribution is -0.136. The van der Waals surface area contributed by atoms with E-state index in [0.29, 0.717) is 17.2 Å². The number of benzene rings is 2. The number of Topliss-reactive ketones (excluding diaryl/α,β-unsaturated/α-hetero) is 1. The highest BCUT2D eigenvalue weighted by molar-refractivity contribution is 9.10. The molecule has 0 aliphatic heterocycles. The van der Waals surface area contributed by atoms with Crippen molar-refractivity contribution in [2.75, 3.05) is 13.7 Å². The number of hydrogen-bond acceptors (Lipinski definition) is 4. The van der Waals surface area contributed by atoms with Gasteiger partial charge in [0.2, 0.25) is 0 Å². The Kier molecular flexibility index (Phi) is 7.16. The predicted molar refractivity (Wildman–Crippen MR) is 106 cm³/mol. The molecule has 0 heterocycles. The molecule has 26 heavy (non-hydrogen) atoms. The fourth-order valence-corrected chi connectivity index (χ4v) is 2.69. The van der Waals surface area contributed by atoms with Crippen LogP contribution in [-0.4, -0.2) is 25.5 Å². The maximum atomic E-state index is 12.1. The average molecular weight is 417 g/mol. The maximum Gasteiger partial charge on any atom is 0.331 e. The topological polar surface area (TPSA) is 52.6 Å². The SMILES string of the molecule is COc1ccc(Br)cc1/C=C/C(=O)OCC(=O)c1ccc(C(C)C)cc1. The van der Waals surface area contributed by atoms with Crippen molar-refractivity contribution in [2.24, 2.45) is 0 Å². The Bertz CT molecular complexity index is 807. The Morgan fingerprint density at radius 2 is 1.81 bits per heavy atom. The van der Waals surface area contributed by atoms with E-state index >= 15 is 0 Å². The van der Waals surface area contributed by atoms with E-state index in [1.54, 1.807) is 31.4 Å². The minimum Gasteiger partial charge on any atom is -0.496 e. The van der Waals surface area contributed by atoms with Gasteiger partial charge in [-0.2, -0.15) is 0 Å². The molecule has 2 aromatic rings. The number of rotatable bonds is 7. The van der Waals surface area contributed by atoms with E-state index in [2.05, 4.69) is 29.8 Å². The summed E-state index contributed by atoms with van der Waals surface area (Å²) in [7, 11) is 1.56. The zero-order valence-corrected chi connectivity index (χ0v) is 16.6. The van der Waals surface area contributed by atoms with E-state index in [1.807, 2.05) is 24.3 Å².